The van der Waals surface area contributed by atoms with Gasteiger partial charge in [0.25, 0.3) is 0 Å². The van der Waals surface area contributed by atoms with Gasteiger partial charge in [-0.1, -0.05) is 16.8 Å². The number of fused-ring (bicyclic) bond motifs is 1. The smallest absolute Gasteiger partial charge is 0.175 e. The van der Waals surface area contributed by atoms with Gasteiger partial charge in [-0.15, -0.1) is 0 Å². The molecule has 1 aliphatic rings. The molecule has 6 N–H and O–H groups in total. The third-order valence-electron chi connectivity index (χ3n) is 4.65. The molecule has 0 amide bonds. The highest BCUT2D eigenvalue weighted by atomic mass is 35.5. The van der Waals surface area contributed by atoms with Crippen molar-refractivity contribution in [3.05, 3.63) is 28.4 Å². The van der Waals surface area contributed by atoms with E-state index in [0.717, 1.165) is 6.07 Å². The van der Waals surface area contributed by atoms with E-state index in [4.69, 9.17) is 21.2 Å². The molecule has 0 spiro atoms. The Kier molecular flexibility index (Phi) is 5.89. The summed E-state index contributed by atoms with van der Waals surface area (Å²) in [5.41, 5.74) is 1.68. The lowest BCUT2D eigenvalue weighted by molar-refractivity contribution is -0.0849. The maximum absolute atomic E-state index is 10.1. The molecule has 9 nitrogen and oxygen atoms in total. The van der Waals surface area contributed by atoms with Gasteiger partial charge in [0.2, 0.25) is 0 Å². The van der Waals surface area contributed by atoms with Crippen molar-refractivity contribution in [1.29, 1.82) is 0 Å². The topological polar surface area (TPSA) is 151 Å². The van der Waals surface area contributed by atoms with Gasteiger partial charge >= 0.3 is 0 Å². The highest BCUT2D eigenvalue weighted by Gasteiger charge is 2.30. The lowest BCUT2D eigenvalue weighted by Crippen LogP contribution is -2.46. The molecular formula is C17H21ClN2O7. The zero-order valence-electron chi connectivity index (χ0n) is 14.3. The maximum Gasteiger partial charge on any atom is 0.175 e. The summed E-state index contributed by atoms with van der Waals surface area (Å²) >= 11 is 5.92. The number of β-amino-alcohol motifs (C(OH)–C–C–N with tert-alkyl or cyclic N) is 1. The summed E-state index contributed by atoms with van der Waals surface area (Å²) in [6.07, 6.45) is -3.63. The molecule has 148 valence electrons. The van der Waals surface area contributed by atoms with E-state index in [9.17, 15) is 25.5 Å². The van der Waals surface area contributed by atoms with Crippen LogP contribution >= 0.6 is 11.6 Å². The number of aromatic nitrogens is 1. The van der Waals surface area contributed by atoms with Crippen LogP contribution in [-0.2, 0) is 13.0 Å². The third kappa shape index (κ3) is 4.03. The first-order valence-electron chi connectivity index (χ1n) is 8.38. The van der Waals surface area contributed by atoms with E-state index in [0.29, 0.717) is 36.5 Å². The highest BCUT2D eigenvalue weighted by Crippen LogP contribution is 2.40. The third-order valence-corrected chi connectivity index (χ3v) is 4.95. The molecule has 0 saturated heterocycles. The summed E-state index contributed by atoms with van der Waals surface area (Å²) in [5.74, 6) is -0.165. The molecule has 2 heterocycles. The molecule has 1 aliphatic heterocycles. The molecule has 1 aromatic carbocycles. The van der Waals surface area contributed by atoms with E-state index in [1.165, 1.54) is 6.07 Å². The zero-order chi connectivity index (χ0) is 19.7. The van der Waals surface area contributed by atoms with Crippen molar-refractivity contribution in [2.45, 2.75) is 31.3 Å². The molecule has 0 radical (unpaired) electrons. The first kappa shape index (κ1) is 19.9. The summed E-state index contributed by atoms with van der Waals surface area (Å²) in [6.45, 7) is 0.273. The molecular weight excluding hydrogens is 380 g/mol. The van der Waals surface area contributed by atoms with Crippen molar-refractivity contribution >= 4 is 11.6 Å². The molecule has 3 rings (SSSR count). The van der Waals surface area contributed by atoms with Crippen molar-refractivity contribution in [2.24, 2.45) is 0 Å². The second-order valence-corrected chi connectivity index (χ2v) is 6.96. The molecule has 3 atom stereocenters. The number of phenols is 2. The largest absolute Gasteiger partial charge is 0.507 e. The maximum atomic E-state index is 10.1. The fraction of sp³-hybridized carbons (Fsp3) is 0.471. The molecule has 27 heavy (non-hydrogen) atoms. The number of aromatic hydroxyl groups is 2. The minimum absolute atomic E-state index is 0.0529. The fourth-order valence-electron chi connectivity index (χ4n) is 3.11. The Morgan fingerprint density at radius 3 is 2.59 bits per heavy atom. The number of rotatable bonds is 6. The summed E-state index contributed by atoms with van der Waals surface area (Å²) in [5, 5.41) is 62.0. The van der Waals surface area contributed by atoms with Gasteiger partial charge in [0.15, 0.2) is 5.76 Å². The molecule has 0 aliphatic carbocycles. The van der Waals surface area contributed by atoms with Crippen molar-refractivity contribution in [3.8, 4) is 22.8 Å². The molecule has 0 bridgehead atoms. The van der Waals surface area contributed by atoms with E-state index in [2.05, 4.69) is 5.16 Å². The van der Waals surface area contributed by atoms with Crippen molar-refractivity contribution in [1.82, 2.24) is 10.1 Å². The van der Waals surface area contributed by atoms with Crippen LogP contribution in [0, 0.1) is 0 Å². The molecule has 1 aromatic heterocycles. The number of benzene rings is 1. The average Bonchev–Trinajstić information content (AvgIpc) is 3.06. The Hall–Kier alpha value is -1.88. The first-order valence-corrected chi connectivity index (χ1v) is 8.76. The van der Waals surface area contributed by atoms with E-state index >= 15 is 0 Å². The number of aliphatic hydroxyl groups is 4. The summed E-state index contributed by atoms with van der Waals surface area (Å²) in [6, 6.07) is 2.49. The number of halogens is 1. The van der Waals surface area contributed by atoms with E-state index < -0.39 is 24.9 Å². The zero-order valence-corrected chi connectivity index (χ0v) is 15.0. The summed E-state index contributed by atoms with van der Waals surface area (Å²) < 4.78 is 5.37. The van der Waals surface area contributed by atoms with Crippen LogP contribution in [-0.4, -0.2) is 78.7 Å². The van der Waals surface area contributed by atoms with Crippen LogP contribution in [0.15, 0.2) is 16.7 Å². The predicted molar refractivity (Wildman–Crippen MR) is 94.4 cm³/mol. The number of aliphatic hydroxyl groups excluding tert-OH is 4. The van der Waals surface area contributed by atoms with Crippen molar-refractivity contribution in [3.63, 3.8) is 0 Å². The molecule has 0 fully saturated rings. The molecule has 0 unspecified atom stereocenters. The number of hydrogen-bond donors (Lipinski definition) is 6. The Bertz CT molecular complexity index is 813. The van der Waals surface area contributed by atoms with Crippen LogP contribution in [0.2, 0.25) is 5.02 Å². The molecule has 10 heteroatoms. The molecule has 0 saturated carbocycles. The minimum atomic E-state index is -1.47. The van der Waals surface area contributed by atoms with Gasteiger partial charge < -0.3 is 35.2 Å². The van der Waals surface area contributed by atoms with Crippen LogP contribution < -0.4 is 0 Å². The monoisotopic (exact) mass is 400 g/mol. The number of phenolic OH excluding ortho intramolecular Hbond substituents is 2. The van der Waals surface area contributed by atoms with Crippen LogP contribution in [0.4, 0.5) is 0 Å². The van der Waals surface area contributed by atoms with Gasteiger partial charge in [-0.25, -0.2) is 0 Å². The average molecular weight is 401 g/mol. The van der Waals surface area contributed by atoms with Gasteiger partial charge in [-0.05, 0) is 6.07 Å². The van der Waals surface area contributed by atoms with Crippen molar-refractivity contribution in [2.75, 3.05) is 19.7 Å². The van der Waals surface area contributed by atoms with E-state index in [1.807, 2.05) is 4.90 Å². The quantitative estimate of drug-likeness (QED) is 0.388. The Balaban J connectivity index is 1.80. The van der Waals surface area contributed by atoms with Crippen LogP contribution in [0.1, 0.15) is 11.3 Å². The fourth-order valence-corrected chi connectivity index (χ4v) is 3.27. The van der Waals surface area contributed by atoms with E-state index in [1.54, 1.807) is 0 Å². The van der Waals surface area contributed by atoms with Gasteiger partial charge in [-0.2, -0.15) is 0 Å². The summed E-state index contributed by atoms with van der Waals surface area (Å²) in [7, 11) is 0. The lowest BCUT2D eigenvalue weighted by Gasteiger charge is -2.30. The lowest BCUT2D eigenvalue weighted by atomic mass is 10.00. The Morgan fingerprint density at radius 2 is 1.89 bits per heavy atom. The minimum Gasteiger partial charge on any atom is -0.507 e. The van der Waals surface area contributed by atoms with Gasteiger partial charge in [0.05, 0.1) is 29.0 Å². The van der Waals surface area contributed by atoms with Crippen LogP contribution in [0.25, 0.3) is 11.3 Å². The van der Waals surface area contributed by atoms with E-state index in [-0.39, 0.29) is 28.6 Å². The van der Waals surface area contributed by atoms with Gasteiger partial charge in [-0.3, -0.25) is 4.90 Å². The van der Waals surface area contributed by atoms with Crippen LogP contribution in [0.5, 0.6) is 11.5 Å². The Morgan fingerprint density at radius 1 is 1.15 bits per heavy atom. The first-order chi connectivity index (χ1) is 12.8. The van der Waals surface area contributed by atoms with Crippen molar-refractivity contribution < 1.29 is 35.2 Å². The number of hydrogen-bond acceptors (Lipinski definition) is 9. The Labute approximate surface area is 159 Å². The van der Waals surface area contributed by atoms with Crippen LogP contribution in [0.3, 0.4) is 0 Å². The SMILES string of the molecule is OC[C@H](O)[C@@H](O)[C@H](O)CN1CCc2noc(-c3cc(Cl)c(O)cc3O)c2C1. The molecule has 2 aromatic rings. The van der Waals surface area contributed by atoms with Gasteiger partial charge in [0.1, 0.15) is 23.7 Å². The second-order valence-electron chi connectivity index (χ2n) is 6.55. The predicted octanol–water partition coefficient (Wildman–Crippen LogP) is -0.161. The highest BCUT2D eigenvalue weighted by molar-refractivity contribution is 6.32. The standard InChI is InChI=1S/C17H21ClN2O7/c18-10-3-8(12(22)4-13(10)23)17-9-5-20(2-1-11(9)19-27-17)6-14(24)16(26)15(25)7-21/h3-4,14-16,21-26H,1-2,5-7H2/t14-,15+,16+/m1/s1. The number of nitrogens with zero attached hydrogens (tertiary/aromatic N) is 2. The van der Waals surface area contributed by atoms with Gasteiger partial charge in [0, 0.05) is 37.7 Å². The summed E-state index contributed by atoms with van der Waals surface area (Å²) in [4.78, 5) is 1.83. The second kappa shape index (κ2) is 8.01. The normalized spacial score (nSPS) is 18.1.